The summed E-state index contributed by atoms with van der Waals surface area (Å²) >= 11 is 3.32. The zero-order chi connectivity index (χ0) is 21.9. The van der Waals surface area contributed by atoms with Gasteiger partial charge in [0.2, 0.25) is 15.9 Å². The monoisotopic (exact) mass is 496 g/mol. The molecule has 0 saturated carbocycles. The first-order valence-corrected chi connectivity index (χ1v) is 11.8. The van der Waals surface area contributed by atoms with Gasteiger partial charge in [0.1, 0.15) is 0 Å². The summed E-state index contributed by atoms with van der Waals surface area (Å²) in [5.41, 5.74) is 0.658. The van der Waals surface area contributed by atoms with Crippen LogP contribution in [-0.2, 0) is 14.8 Å². The van der Waals surface area contributed by atoms with Gasteiger partial charge in [-0.1, -0.05) is 15.9 Å². The summed E-state index contributed by atoms with van der Waals surface area (Å²) in [4.78, 5) is 14.9. The first kappa shape index (κ1) is 22.6. The number of halogens is 1. The molecule has 1 aliphatic rings. The van der Waals surface area contributed by atoms with Gasteiger partial charge in [0, 0.05) is 36.4 Å². The van der Waals surface area contributed by atoms with Gasteiger partial charge >= 0.3 is 0 Å². The maximum atomic E-state index is 13.1. The molecule has 1 heterocycles. The van der Waals surface area contributed by atoms with E-state index in [-0.39, 0.29) is 17.3 Å². The highest BCUT2D eigenvalue weighted by atomic mass is 79.9. The Morgan fingerprint density at radius 2 is 1.77 bits per heavy atom. The van der Waals surface area contributed by atoms with Gasteiger partial charge in [-0.3, -0.25) is 4.79 Å². The number of carbonyl (C=O) groups is 1. The summed E-state index contributed by atoms with van der Waals surface area (Å²) in [6, 6.07) is 11.8. The van der Waals surface area contributed by atoms with E-state index in [2.05, 4.69) is 15.9 Å². The van der Waals surface area contributed by atoms with Crippen LogP contribution in [0, 0.1) is 5.92 Å². The highest BCUT2D eigenvalue weighted by Crippen LogP contribution is 2.32. The second-order valence-corrected chi connectivity index (χ2v) is 9.95. The molecule has 9 heteroatoms. The zero-order valence-corrected chi connectivity index (χ0v) is 19.6. The highest BCUT2D eigenvalue weighted by Gasteiger charge is 2.34. The molecular formula is C21H25BrN2O5S. The van der Waals surface area contributed by atoms with E-state index in [1.165, 1.54) is 11.4 Å². The molecule has 1 aliphatic heterocycles. The SMILES string of the molecule is COc1ccc(N(C)C(=O)C2CCCN(S(=O)(=O)c3ccc(Br)cc3)C2)cc1OC. The molecule has 1 unspecified atom stereocenters. The summed E-state index contributed by atoms with van der Waals surface area (Å²) in [7, 11) is 1.12. The molecule has 0 spiro atoms. The smallest absolute Gasteiger partial charge is 0.243 e. The lowest BCUT2D eigenvalue weighted by Gasteiger charge is -2.33. The van der Waals surface area contributed by atoms with E-state index in [1.54, 1.807) is 61.5 Å². The van der Waals surface area contributed by atoms with Gasteiger partial charge in [0.25, 0.3) is 0 Å². The van der Waals surface area contributed by atoms with E-state index in [0.717, 1.165) is 4.47 Å². The summed E-state index contributed by atoms with van der Waals surface area (Å²) in [6.07, 6.45) is 1.27. The third-order valence-electron chi connectivity index (χ3n) is 5.27. The molecule has 0 N–H and O–H groups in total. The van der Waals surface area contributed by atoms with Gasteiger partial charge in [-0.15, -0.1) is 0 Å². The van der Waals surface area contributed by atoms with Crippen LogP contribution in [0.15, 0.2) is 51.8 Å². The summed E-state index contributed by atoms with van der Waals surface area (Å²) in [6.45, 7) is 0.567. The number of piperidine rings is 1. The molecule has 2 aromatic carbocycles. The molecule has 1 saturated heterocycles. The van der Waals surface area contributed by atoms with Gasteiger partial charge in [-0.05, 0) is 49.2 Å². The Hall–Kier alpha value is -2.10. The molecule has 1 atom stereocenters. The van der Waals surface area contributed by atoms with Crippen molar-refractivity contribution in [1.82, 2.24) is 4.31 Å². The van der Waals surface area contributed by atoms with Gasteiger partial charge in [-0.25, -0.2) is 8.42 Å². The van der Waals surface area contributed by atoms with E-state index in [1.807, 2.05) is 0 Å². The lowest BCUT2D eigenvalue weighted by atomic mass is 9.98. The predicted molar refractivity (Wildman–Crippen MR) is 119 cm³/mol. The van der Waals surface area contributed by atoms with Crippen molar-refractivity contribution in [3.8, 4) is 11.5 Å². The van der Waals surface area contributed by atoms with Gasteiger partial charge < -0.3 is 14.4 Å². The lowest BCUT2D eigenvalue weighted by Crippen LogP contribution is -2.45. The number of nitrogens with zero attached hydrogens (tertiary/aromatic N) is 2. The molecule has 1 amide bonds. The van der Waals surface area contributed by atoms with Crippen LogP contribution < -0.4 is 14.4 Å². The first-order valence-electron chi connectivity index (χ1n) is 9.53. The number of carbonyl (C=O) groups excluding carboxylic acids is 1. The van der Waals surface area contributed by atoms with Crippen molar-refractivity contribution >= 4 is 37.5 Å². The topological polar surface area (TPSA) is 76.2 Å². The van der Waals surface area contributed by atoms with E-state index >= 15 is 0 Å². The lowest BCUT2D eigenvalue weighted by molar-refractivity contribution is -0.123. The molecule has 0 bridgehead atoms. The van der Waals surface area contributed by atoms with Gasteiger partial charge in [0.15, 0.2) is 11.5 Å². The maximum Gasteiger partial charge on any atom is 0.243 e. The molecule has 30 heavy (non-hydrogen) atoms. The van der Waals surface area contributed by atoms with Crippen LogP contribution >= 0.6 is 15.9 Å². The Kier molecular flexibility index (Phi) is 7.05. The fourth-order valence-electron chi connectivity index (χ4n) is 3.55. The third-order valence-corrected chi connectivity index (χ3v) is 7.68. The maximum absolute atomic E-state index is 13.1. The Morgan fingerprint density at radius 3 is 2.40 bits per heavy atom. The predicted octanol–water partition coefficient (Wildman–Crippen LogP) is 3.53. The number of anilines is 1. The number of methoxy groups -OCH3 is 2. The Morgan fingerprint density at radius 1 is 1.10 bits per heavy atom. The minimum Gasteiger partial charge on any atom is -0.493 e. The van der Waals surface area contributed by atoms with Crippen LogP contribution in [0.4, 0.5) is 5.69 Å². The largest absolute Gasteiger partial charge is 0.493 e. The molecule has 162 valence electrons. The normalized spacial score (nSPS) is 17.4. The van der Waals surface area contributed by atoms with Crippen molar-refractivity contribution in [2.24, 2.45) is 5.92 Å². The second-order valence-electron chi connectivity index (χ2n) is 7.09. The van der Waals surface area contributed by atoms with Crippen LogP contribution in [-0.4, -0.2) is 53.0 Å². The van der Waals surface area contributed by atoms with Crippen LogP contribution in [0.1, 0.15) is 12.8 Å². The van der Waals surface area contributed by atoms with Crippen LogP contribution in [0.25, 0.3) is 0 Å². The summed E-state index contributed by atoms with van der Waals surface area (Å²) < 4.78 is 38.8. The standard InChI is InChI=1S/C21H25BrN2O5S/c1-23(17-8-11-19(28-2)20(13-17)29-3)21(25)15-5-4-12-24(14-15)30(26,27)18-9-6-16(22)7-10-18/h6-11,13,15H,4-5,12,14H2,1-3H3. The van der Waals surface area contributed by atoms with E-state index < -0.39 is 15.9 Å². The number of rotatable bonds is 6. The van der Waals surface area contributed by atoms with Crippen molar-refractivity contribution in [1.29, 1.82) is 0 Å². The number of benzene rings is 2. The molecular weight excluding hydrogens is 472 g/mol. The Bertz CT molecular complexity index is 1010. The molecule has 7 nitrogen and oxygen atoms in total. The summed E-state index contributed by atoms with van der Waals surface area (Å²) in [5, 5.41) is 0. The third kappa shape index (κ3) is 4.63. The van der Waals surface area contributed by atoms with Crippen LogP contribution in [0.2, 0.25) is 0 Å². The molecule has 0 aliphatic carbocycles. The molecule has 0 radical (unpaired) electrons. The van der Waals surface area contributed by atoms with Gasteiger partial charge in [-0.2, -0.15) is 4.31 Å². The first-order chi connectivity index (χ1) is 14.3. The van der Waals surface area contributed by atoms with Crippen molar-refractivity contribution in [3.63, 3.8) is 0 Å². The quantitative estimate of drug-likeness (QED) is 0.611. The summed E-state index contributed by atoms with van der Waals surface area (Å²) in [5.74, 6) is 0.560. The molecule has 2 aromatic rings. The molecule has 0 aromatic heterocycles. The fraction of sp³-hybridized carbons (Fsp3) is 0.381. The average Bonchev–Trinajstić information content (AvgIpc) is 2.78. The van der Waals surface area contributed by atoms with E-state index in [4.69, 9.17) is 9.47 Å². The van der Waals surface area contributed by atoms with Crippen molar-refractivity contribution in [2.75, 3.05) is 39.3 Å². The Balaban J connectivity index is 1.77. The van der Waals surface area contributed by atoms with Crippen molar-refractivity contribution in [2.45, 2.75) is 17.7 Å². The second kappa shape index (κ2) is 9.36. The van der Waals surface area contributed by atoms with Crippen LogP contribution in [0.5, 0.6) is 11.5 Å². The number of ether oxygens (including phenoxy) is 2. The Labute approximate surface area is 185 Å². The van der Waals surface area contributed by atoms with Crippen molar-refractivity contribution < 1.29 is 22.7 Å². The molecule has 3 rings (SSSR count). The minimum absolute atomic E-state index is 0.127. The van der Waals surface area contributed by atoms with Gasteiger partial charge in [0.05, 0.1) is 25.0 Å². The fourth-order valence-corrected chi connectivity index (χ4v) is 5.34. The number of sulfonamides is 1. The van der Waals surface area contributed by atoms with E-state index in [9.17, 15) is 13.2 Å². The van der Waals surface area contributed by atoms with Crippen LogP contribution in [0.3, 0.4) is 0 Å². The van der Waals surface area contributed by atoms with E-state index in [0.29, 0.717) is 36.6 Å². The molecule has 1 fully saturated rings. The van der Waals surface area contributed by atoms with Crippen molar-refractivity contribution in [3.05, 3.63) is 46.9 Å². The minimum atomic E-state index is -3.65. The average molecular weight is 497 g/mol. The number of hydrogen-bond donors (Lipinski definition) is 0. The number of amides is 1. The zero-order valence-electron chi connectivity index (χ0n) is 17.2. The highest BCUT2D eigenvalue weighted by molar-refractivity contribution is 9.10. The number of hydrogen-bond acceptors (Lipinski definition) is 5.